The van der Waals surface area contributed by atoms with Gasteiger partial charge in [-0.05, 0) is 17.7 Å². The van der Waals surface area contributed by atoms with Crippen LogP contribution in [0.4, 0.5) is 0 Å². The Balaban J connectivity index is 1.94. The lowest BCUT2D eigenvalue weighted by molar-refractivity contribution is 0.377. The average Bonchev–Trinajstić information content (AvgIpc) is 2.61. The fraction of sp³-hybridized carbons (Fsp3) is 0.111. The van der Waals surface area contributed by atoms with E-state index in [0.29, 0.717) is 22.9 Å². The highest BCUT2D eigenvalue weighted by Gasteiger charge is 2.12. The van der Waals surface area contributed by atoms with Crippen LogP contribution in [-0.4, -0.2) is 18.9 Å². The lowest BCUT2D eigenvalue weighted by atomic mass is 10.0. The largest absolute Gasteiger partial charge is 0.487 e. The molecule has 0 saturated heterocycles. The molecule has 3 rings (SSSR count). The molecule has 1 heterocycles. The van der Waals surface area contributed by atoms with Gasteiger partial charge in [0.25, 0.3) is 0 Å². The molecule has 23 heavy (non-hydrogen) atoms. The van der Waals surface area contributed by atoms with E-state index in [1.807, 2.05) is 42.5 Å². The van der Waals surface area contributed by atoms with E-state index in [0.717, 1.165) is 23.4 Å². The van der Waals surface area contributed by atoms with Crippen LogP contribution < -0.4 is 10.2 Å². The summed E-state index contributed by atoms with van der Waals surface area (Å²) in [7, 11) is 0. The van der Waals surface area contributed by atoms with Crippen LogP contribution in [0.5, 0.6) is 5.75 Å². The van der Waals surface area contributed by atoms with Gasteiger partial charge >= 0.3 is 0 Å². The molecule has 0 atom stereocenters. The van der Waals surface area contributed by atoms with Gasteiger partial charge in [0.15, 0.2) is 0 Å². The van der Waals surface area contributed by atoms with Gasteiger partial charge in [0, 0.05) is 11.6 Å². The summed E-state index contributed by atoms with van der Waals surface area (Å²) in [5.74, 6) is 0.627. The molecule has 0 spiro atoms. The van der Waals surface area contributed by atoms with E-state index < -0.39 is 0 Å². The molecule has 0 aromatic heterocycles. The molecule has 2 aromatic rings. The molecule has 0 bridgehead atoms. The van der Waals surface area contributed by atoms with Crippen molar-refractivity contribution in [3.05, 3.63) is 65.2 Å². The first-order valence-electron chi connectivity index (χ1n) is 7.16. The Bertz CT molecular complexity index is 807. The molecule has 1 aliphatic heterocycles. The van der Waals surface area contributed by atoms with Crippen LogP contribution in [0.1, 0.15) is 5.56 Å². The highest BCUT2D eigenvalue weighted by Crippen LogP contribution is 2.34. The van der Waals surface area contributed by atoms with Gasteiger partial charge in [0.2, 0.25) is 0 Å². The maximum absolute atomic E-state index is 9.20. The van der Waals surface area contributed by atoms with Crippen LogP contribution >= 0.6 is 11.6 Å². The third kappa shape index (κ3) is 3.53. The van der Waals surface area contributed by atoms with Gasteiger partial charge in [-0.1, -0.05) is 48.0 Å². The highest BCUT2D eigenvalue weighted by molar-refractivity contribution is 6.32. The number of nitriles is 1. The molecule has 0 unspecified atom stereocenters. The summed E-state index contributed by atoms with van der Waals surface area (Å²) in [6.07, 6.45) is 3.90. The van der Waals surface area contributed by atoms with Gasteiger partial charge in [-0.2, -0.15) is 10.4 Å². The monoisotopic (exact) mass is 323 g/mol. The minimum atomic E-state index is 0.325. The maximum Gasteiger partial charge on any atom is 0.132 e. The van der Waals surface area contributed by atoms with E-state index in [2.05, 4.69) is 16.6 Å². The fourth-order valence-electron chi connectivity index (χ4n) is 2.27. The lowest BCUT2D eigenvalue weighted by Gasteiger charge is -2.14. The molecule has 2 aromatic carbocycles. The third-order valence-electron chi connectivity index (χ3n) is 3.39. The number of halogens is 1. The second-order valence-corrected chi connectivity index (χ2v) is 5.37. The second-order valence-electron chi connectivity index (χ2n) is 4.96. The van der Waals surface area contributed by atoms with E-state index >= 15 is 0 Å². The zero-order chi connectivity index (χ0) is 16.1. The van der Waals surface area contributed by atoms with Crippen LogP contribution in [0.3, 0.4) is 0 Å². The molecule has 0 saturated carbocycles. The molecule has 1 N–H and O–H groups in total. The zero-order valence-electron chi connectivity index (χ0n) is 12.3. The Kier molecular flexibility index (Phi) is 4.60. The fourth-order valence-corrected chi connectivity index (χ4v) is 2.46. The number of benzene rings is 2. The van der Waals surface area contributed by atoms with Gasteiger partial charge in [-0.25, -0.2) is 0 Å². The molecule has 0 fully saturated rings. The van der Waals surface area contributed by atoms with Crippen molar-refractivity contribution in [1.29, 1.82) is 5.26 Å². The van der Waals surface area contributed by atoms with Crippen molar-refractivity contribution >= 4 is 17.3 Å². The third-order valence-corrected chi connectivity index (χ3v) is 3.70. The minimum absolute atomic E-state index is 0.325. The van der Waals surface area contributed by atoms with Crippen molar-refractivity contribution in [2.24, 2.45) is 5.10 Å². The number of rotatable bonds is 4. The molecule has 0 aliphatic carbocycles. The number of nitrogens with zero attached hydrogens (tertiary/aromatic N) is 2. The van der Waals surface area contributed by atoms with Gasteiger partial charge < -0.3 is 10.2 Å². The van der Waals surface area contributed by atoms with Gasteiger partial charge in [0.05, 0.1) is 22.8 Å². The highest BCUT2D eigenvalue weighted by atomic mass is 35.5. The summed E-state index contributed by atoms with van der Waals surface area (Å²) in [5.41, 5.74) is 5.93. The summed E-state index contributed by atoms with van der Waals surface area (Å²) in [6, 6.07) is 15.3. The van der Waals surface area contributed by atoms with Gasteiger partial charge in [0.1, 0.15) is 18.4 Å². The summed E-state index contributed by atoms with van der Waals surface area (Å²) in [4.78, 5) is 0. The van der Waals surface area contributed by atoms with Crippen molar-refractivity contribution in [2.45, 2.75) is 0 Å². The minimum Gasteiger partial charge on any atom is -0.487 e. The Morgan fingerprint density at radius 3 is 2.78 bits per heavy atom. The van der Waals surface area contributed by atoms with Crippen molar-refractivity contribution in [1.82, 2.24) is 5.43 Å². The second kappa shape index (κ2) is 6.99. The van der Waals surface area contributed by atoms with E-state index in [9.17, 15) is 5.26 Å². The van der Waals surface area contributed by atoms with Crippen LogP contribution in [-0.2, 0) is 0 Å². The topological polar surface area (TPSA) is 57.4 Å². The van der Waals surface area contributed by atoms with E-state index in [-0.39, 0.29) is 0 Å². The molecule has 114 valence electrons. The van der Waals surface area contributed by atoms with Crippen LogP contribution in [0.15, 0.2) is 59.7 Å². The van der Waals surface area contributed by atoms with Gasteiger partial charge in [-0.15, -0.1) is 0 Å². The van der Waals surface area contributed by atoms with Crippen molar-refractivity contribution in [2.75, 3.05) is 13.2 Å². The first-order valence-corrected chi connectivity index (χ1v) is 7.53. The molecule has 0 radical (unpaired) electrons. The Labute approximate surface area is 139 Å². The van der Waals surface area contributed by atoms with Crippen molar-refractivity contribution in [3.63, 3.8) is 0 Å². The average molecular weight is 324 g/mol. The molecular formula is C18H14ClN3O. The van der Waals surface area contributed by atoms with Crippen LogP contribution in [0, 0.1) is 11.3 Å². The lowest BCUT2D eigenvalue weighted by Crippen LogP contribution is -2.19. The maximum atomic E-state index is 9.20. The van der Waals surface area contributed by atoms with Gasteiger partial charge in [-0.3, -0.25) is 0 Å². The van der Waals surface area contributed by atoms with Crippen molar-refractivity contribution in [3.8, 4) is 22.9 Å². The first-order chi connectivity index (χ1) is 11.3. The summed E-state index contributed by atoms with van der Waals surface area (Å²) < 4.78 is 5.90. The molecule has 4 nitrogen and oxygen atoms in total. The van der Waals surface area contributed by atoms with E-state index in [1.165, 1.54) is 0 Å². The predicted octanol–water partition coefficient (Wildman–Crippen LogP) is 3.77. The normalized spacial score (nSPS) is 13.0. The number of hydrogen-bond donors (Lipinski definition) is 1. The Morgan fingerprint density at radius 2 is 2.09 bits per heavy atom. The number of ether oxygens (including phenoxy) is 1. The number of hydrazone groups is 1. The summed E-state index contributed by atoms with van der Waals surface area (Å²) in [5, 5.41) is 13.8. The molecule has 0 amide bonds. The SMILES string of the molecule is N#Cc1cc(-c2ccccc2)c(OCC2=NNCC=C2)cc1Cl. The molecule has 5 heteroatoms. The zero-order valence-corrected chi connectivity index (χ0v) is 13.0. The van der Waals surface area contributed by atoms with Crippen LogP contribution in [0.2, 0.25) is 5.02 Å². The first kappa shape index (κ1) is 15.1. The molecular weight excluding hydrogens is 310 g/mol. The summed E-state index contributed by atoms with van der Waals surface area (Å²) >= 11 is 6.15. The molecule has 1 aliphatic rings. The van der Waals surface area contributed by atoms with E-state index in [1.54, 1.807) is 12.1 Å². The van der Waals surface area contributed by atoms with Crippen molar-refractivity contribution < 1.29 is 4.74 Å². The number of nitrogens with one attached hydrogen (secondary N) is 1. The van der Waals surface area contributed by atoms with Crippen LogP contribution in [0.25, 0.3) is 11.1 Å². The quantitative estimate of drug-likeness (QED) is 0.931. The Morgan fingerprint density at radius 1 is 1.26 bits per heavy atom. The summed E-state index contributed by atoms with van der Waals surface area (Å²) in [6.45, 7) is 1.05. The number of hydrogen-bond acceptors (Lipinski definition) is 4. The smallest absolute Gasteiger partial charge is 0.132 e. The standard InChI is InChI=1S/C18H14ClN3O/c19-17-10-18(23-12-15-7-4-8-21-22-15)16(9-14(17)11-20)13-5-2-1-3-6-13/h1-7,9-10,21H,8,12H2. The predicted molar refractivity (Wildman–Crippen MR) is 91.7 cm³/mol. The van der Waals surface area contributed by atoms with E-state index in [4.69, 9.17) is 16.3 Å². The Hall–Kier alpha value is -2.77.